The highest BCUT2D eigenvalue weighted by molar-refractivity contribution is 7.91. The molecule has 1 aliphatic rings. The third kappa shape index (κ3) is 3.16. The fourth-order valence-corrected chi connectivity index (χ4v) is 4.96. The Morgan fingerprint density at radius 3 is 2.43 bits per heavy atom. The van der Waals surface area contributed by atoms with Crippen LogP contribution in [0.15, 0.2) is 4.90 Å². The summed E-state index contributed by atoms with van der Waals surface area (Å²) in [7, 11) is -2.31. The Hall–Kier alpha value is -1.28. The summed E-state index contributed by atoms with van der Waals surface area (Å²) < 4.78 is 28.7. The first-order valence-corrected chi connectivity index (χ1v) is 9.27. The van der Waals surface area contributed by atoms with E-state index in [4.69, 9.17) is 5.73 Å². The smallest absolute Gasteiger partial charge is 0.350 e. The number of nitrogen functional groups attached to an aromatic ring is 1. The highest BCUT2D eigenvalue weighted by Crippen LogP contribution is 2.45. The van der Waals surface area contributed by atoms with E-state index in [1.807, 2.05) is 13.8 Å². The quantitative estimate of drug-likeness (QED) is 0.801. The molecule has 1 fully saturated rings. The van der Waals surface area contributed by atoms with Crippen molar-refractivity contribution in [2.45, 2.75) is 37.1 Å². The Bertz CT molecular complexity index is 673. The lowest BCUT2D eigenvalue weighted by molar-refractivity contribution is 0.0607. The van der Waals surface area contributed by atoms with Gasteiger partial charge < -0.3 is 15.8 Å². The molecule has 2 rings (SSSR count). The summed E-state index contributed by atoms with van der Waals surface area (Å²) in [5.41, 5.74) is 5.58. The maximum absolute atomic E-state index is 12.0. The fourth-order valence-electron chi connectivity index (χ4n) is 2.32. The molecule has 0 atom stereocenters. The normalized spacial score (nSPS) is 15.8. The molecule has 21 heavy (non-hydrogen) atoms. The molecule has 1 aromatic rings. The van der Waals surface area contributed by atoms with Crippen molar-refractivity contribution < 1.29 is 17.9 Å². The van der Waals surface area contributed by atoms with Gasteiger partial charge >= 0.3 is 5.97 Å². The largest absolute Gasteiger partial charge is 0.465 e. The minimum absolute atomic E-state index is 0.0124. The minimum Gasteiger partial charge on any atom is -0.465 e. The van der Waals surface area contributed by atoms with Gasteiger partial charge in [-0.15, -0.1) is 11.3 Å². The molecule has 0 aromatic carbocycles. The molecular formula is C13H20N2O4S2. The van der Waals surface area contributed by atoms with E-state index >= 15 is 0 Å². The van der Waals surface area contributed by atoms with Crippen molar-refractivity contribution in [1.82, 2.24) is 0 Å². The van der Waals surface area contributed by atoms with Gasteiger partial charge in [-0.2, -0.15) is 0 Å². The van der Waals surface area contributed by atoms with Gasteiger partial charge in [0.2, 0.25) is 0 Å². The number of sulfone groups is 1. The average Bonchev–Trinajstić information content (AvgIpc) is 3.13. The van der Waals surface area contributed by atoms with E-state index in [1.54, 1.807) is 0 Å². The summed E-state index contributed by atoms with van der Waals surface area (Å²) in [5.74, 6) is -0.130. The molecule has 1 aliphatic carbocycles. The number of nitrogens with one attached hydrogen (secondary N) is 1. The monoisotopic (exact) mass is 332 g/mol. The van der Waals surface area contributed by atoms with Crippen LogP contribution in [0.4, 0.5) is 10.7 Å². The lowest BCUT2D eigenvalue weighted by atomic mass is 9.99. The Morgan fingerprint density at radius 2 is 2.00 bits per heavy atom. The van der Waals surface area contributed by atoms with Crippen LogP contribution in [0.25, 0.3) is 0 Å². The second-order valence-corrected chi connectivity index (χ2v) is 8.86. The maximum Gasteiger partial charge on any atom is 0.350 e. The van der Waals surface area contributed by atoms with Crippen molar-refractivity contribution >= 4 is 37.8 Å². The van der Waals surface area contributed by atoms with Crippen molar-refractivity contribution in [2.24, 2.45) is 5.92 Å². The Kier molecular flexibility index (Phi) is 3.96. The average molecular weight is 332 g/mol. The van der Waals surface area contributed by atoms with Crippen molar-refractivity contribution in [1.29, 1.82) is 0 Å². The number of ether oxygens (including phenoxy) is 1. The second-order valence-electron chi connectivity index (χ2n) is 5.89. The molecule has 0 radical (unpaired) electrons. The topological polar surface area (TPSA) is 98.5 Å². The molecule has 1 aromatic heterocycles. The van der Waals surface area contributed by atoms with E-state index < -0.39 is 15.8 Å². The van der Waals surface area contributed by atoms with Crippen LogP contribution < -0.4 is 11.1 Å². The molecule has 3 N–H and O–H groups in total. The van der Waals surface area contributed by atoms with Crippen LogP contribution in [0.5, 0.6) is 0 Å². The number of anilines is 2. The Morgan fingerprint density at radius 1 is 1.43 bits per heavy atom. The third-order valence-corrected chi connectivity index (χ3v) is 6.07. The zero-order valence-corrected chi connectivity index (χ0v) is 14.2. The molecule has 8 heteroatoms. The highest BCUT2D eigenvalue weighted by Gasteiger charge is 2.39. The minimum atomic E-state index is -3.55. The second kappa shape index (κ2) is 5.17. The fraction of sp³-hybridized carbons (Fsp3) is 0.615. The first-order valence-electron chi connectivity index (χ1n) is 6.56. The van der Waals surface area contributed by atoms with Crippen LogP contribution >= 0.6 is 11.3 Å². The Balaban J connectivity index is 2.51. The number of hydrogen-bond donors (Lipinski definition) is 2. The first-order chi connectivity index (χ1) is 9.58. The summed E-state index contributed by atoms with van der Waals surface area (Å²) in [6, 6.07) is 0. The van der Waals surface area contributed by atoms with Crippen molar-refractivity contribution in [2.75, 3.05) is 24.4 Å². The van der Waals surface area contributed by atoms with Gasteiger partial charge in [0.05, 0.1) is 12.8 Å². The van der Waals surface area contributed by atoms with E-state index in [0.717, 1.165) is 30.4 Å². The van der Waals surface area contributed by atoms with Crippen molar-refractivity contribution in [3.05, 3.63) is 4.88 Å². The van der Waals surface area contributed by atoms with E-state index in [2.05, 4.69) is 10.1 Å². The number of hydrogen-bond acceptors (Lipinski definition) is 7. The lowest BCUT2D eigenvalue weighted by Crippen LogP contribution is -2.33. The SMILES string of the molecule is COC(=O)c1sc(NC(C)(C)C2CC2)c(S(C)(=O)=O)c1N. The molecule has 0 bridgehead atoms. The standard InChI is InChI=1S/C13H20N2O4S2/c1-13(2,7-5-6-7)15-11-10(21(4,17)18)8(14)9(20-11)12(16)19-3/h7,15H,5-6,14H2,1-4H3. The van der Waals surface area contributed by atoms with Gasteiger partial charge in [0.15, 0.2) is 9.84 Å². The van der Waals surface area contributed by atoms with Gasteiger partial charge in [0, 0.05) is 11.8 Å². The predicted octanol–water partition coefficient (Wildman–Crippen LogP) is 2.12. The van der Waals surface area contributed by atoms with E-state index in [-0.39, 0.29) is 21.0 Å². The number of nitrogens with two attached hydrogens (primary N) is 1. The van der Waals surface area contributed by atoms with Crippen LogP contribution in [0.1, 0.15) is 36.4 Å². The number of methoxy groups -OCH3 is 1. The number of esters is 1. The molecule has 0 spiro atoms. The number of thiophene rings is 1. The van der Waals surface area contributed by atoms with Crippen molar-refractivity contribution in [3.8, 4) is 0 Å². The summed E-state index contributed by atoms with van der Waals surface area (Å²) >= 11 is 1.03. The molecule has 0 unspecified atom stereocenters. The van der Waals surface area contributed by atoms with Gasteiger partial charge in [-0.25, -0.2) is 13.2 Å². The van der Waals surface area contributed by atoms with Crippen LogP contribution in [0.2, 0.25) is 0 Å². The summed E-state index contributed by atoms with van der Waals surface area (Å²) in [6.45, 7) is 4.04. The van der Waals surface area contributed by atoms with Crippen LogP contribution in [0.3, 0.4) is 0 Å². The zero-order valence-electron chi connectivity index (χ0n) is 12.5. The van der Waals surface area contributed by atoms with Crippen LogP contribution in [0, 0.1) is 5.92 Å². The number of carbonyl (C=O) groups is 1. The Labute approximate surface area is 128 Å². The molecule has 118 valence electrons. The number of carbonyl (C=O) groups excluding carboxylic acids is 1. The van der Waals surface area contributed by atoms with Gasteiger partial charge in [-0.1, -0.05) is 0 Å². The molecule has 0 aliphatic heterocycles. The third-order valence-electron chi connectivity index (χ3n) is 3.67. The van der Waals surface area contributed by atoms with Crippen LogP contribution in [-0.4, -0.2) is 33.3 Å². The predicted molar refractivity (Wildman–Crippen MR) is 83.6 cm³/mol. The number of rotatable bonds is 5. The molecule has 6 nitrogen and oxygen atoms in total. The first kappa shape index (κ1) is 16.1. The van der Waals surface area contributed by atoms with E-state index in [0.29, 0.717) is 10.9 Å². The van der Waals surface area contributed by atoms with E-state index in [9.17, 15) is 13.2 Å². The van der Waals surface area contributed by atoms with Gasteiger partial charge in [-0.3, -0.25) is 0 Å². The van der Waals surface area contributed by atoms with E-state index in [1.165, 1.54) is 7.11 Å². The van der Waals surface area contributed by atoms with Gasteiger partial charge in [0.1, 0.15) is 14.8 Å². The zero-order chi connectivity index (χ0) is 16.0. The van der Waals surface area contributed by atoms with Crippen molar-refractivity contribution in [3.63, 3.8) is 0 Å². The maximum atomic E-state index is 12.0. The molecule has 1 heterocycles. The molecule has 0 saturated heterocycles. The molecule has 0 amide bonds. The summed E-state index contributed by atoms with van der Waals surface area (Å²) in [6.07, 6.45) is 3.31. The molecule has 1 saturated carbocycles. The summed E-state index contributed by atoms with van der Waals surface area (Å²) in [5, 5.41) is 3.66. The summed E-state index contributed by atoms with van der Waals surface area (Å²) in [4.78, 5) is 11.8. The highest BCUT2D eigenvalue weighted by atomic mass is 32.2. The lowest BCUT2D eigenvalue weighted by Gasteiger charge is -2.27. The molecular weight excluding hydrogens is 312 g/mol. The van der Waals surface area contributed by atoms with Gasteiger partial charge in [-0.05, 0) is 32.6 Å². The van der Waals surface area contributed by atoms with Crippen LogP contribution in [-0.2, 0) is 14.6 Å². The van der Waals surface area contributed by atoms with Gasteiger partial charge in [0.25, 0.3) is 0 Å².